The maximum absolute atomic E-state index is 13.1. The monoisotopic (exact) mass is 477 g/mol. The number of hydrogen-bond donors (Lipinski definition) is 3. The van der Waals surface area contributed by atoms with Crippen molar-refractivity contribution in [3.8, 4) is 5.75 Å². The van der Waals surface area contributed by atoms with Crippen LogP contribution in [0, 0.1) is 5.92 Å². The van der Waals surface area contributed by atoms with Crippen LogP contribution in [0.5, 0.6) is 5.75 Å². The van der Waals surface area contributed by atoms with Crippen LogP contribution in [0.2, 0.25) is 5.02 Å². The lowest BCUT2D eigenvalue weighted by Gasteiger charge is -2.25. The van der Waals surface area contributed by atoms with Crippen LogP contribution in [0.15, 0.2) is 52.3 Å². The molecule has 2 saturated heterocycles. The van der Waals surface area contributed by atoms with Crippen molar-refractivity contribution >= 4 is 27.3 Å². The first kappa shape index (κ1) is 23.0. The van der Waals surface area contributed by atoms with Crippen LogP contribution in [0.3, 0.4) is 0 Å². The number of sulfone groups is 1. The Balaban J connectivity index is 1.40. The van der Waals surface area contributed by atoms with Gasteiger partial charge in [-0.3, -0.25) is 4.79 Å². The van der Waals surface area contributed by atoms with E-state index in [2.05, 4.69) is 16.0 Å². The summed E-state index contributed by atoms with van der Waals surface area (Å²) in [4.78, 5) is 12.8. The zero-order valence-electron chi connectivity index (χ0n) is 17.9. The predicted molar refractivity (Wildman–Crippen MR) is 123 cm³/mol. The third kappa shape index (κ3) is 4.93. The van der Waals surface area contributed by atoms with Crippen molar-refractivity contribution in [2.75, 3.05) is 19.7 Å². The average Bonchev–Trinajstić information content (AvgIpc) is 3.22. The van der Waals surface area contributed by atoms with Crippen molar-refractivity contribution in [2.45, 2.75) is 48.2 Å². The van der Waals surface area contributed by atoms with Crippen molar-refractivity contribution in [1.82, 2.24) is 16.0 Å². The summed E-state index contributed by atoms with van der Waals surface area (Å²) in [7, 11) is -3.77. The largest absolute Gasteiger partial charge is 0.492 e. The number of carbonyl (C=O) groups is 1. The number of amides is 1. The molecule has 2 aliphatic rings. The van der Waals surface area contributed by atoms with E-state index in [1.807, 2.05) is 0 Å². The zero-order valence-corrected chi connectivity index (χ0v) is 19.5. The second-order valence-corrected chi connectivity index (χ2v) is 10.6. The van der Waals surface area contributed by atoms with Crippen molar-refractivity contribution in [2.24, 2.45) is 5.92 Å². The zero-order chi connectivity index (χ0) is 22.7. The number of rotatable bonds is 7. The van der Waals surface area contributed by atoms with Gasteiger partial charge in [-0.15, -0.1) is 0 Å². The van der Waals surface area contributed by atoms with Gasteiger partial charge < -0.3 is 20.7 Å². The maximum Gasteiger partial charge on any atom is 0.237 e. The molecular weight excluding hydrogens is 450 g/mol. The van der Waals surface area contributed by atoms with Crippen molar-refractivity contribution in [3.63, 3.8) is 0 Å². The lowest BCUT2D eigenvalue weighted by Crippen LogP contribution is -2.45. The highest BCUT2D eigenvalue weighted by atomic mass is 35.5. The fourth-order valence-corrected chi connectivity index (χ4v) is 5.94. The van der Waals surface area contributed by atoms with Gasteiger partial charge in [-0.25, -0.2) is 8.42 Å². The third-order valence-corrected chi connectivity index (χ3v) is 8.12. The lowest BCUT2D eigenvalue weighted by atomic mass is 9.94. The van der Waals surface area contributed by atoms with Gasteiger partial charge in [0.05, 0.1) is 17.5 Å². The highest BCUT2D eigenvalue weighted by Gasteiger charge is 2.38. The van der Waals surface area contributed by atoms with Gasteiger partial charge in [0.15, 0.2) is 0 Å². The van der Waals surface area contributed by atoms with Crippen LogP contribution in [0.1, 0.15) is 25.3 Å². The quantitative estimate of drug-likeness (QED) is 0.567. The van der Waals surface area contributed by atoms with Crippen LogP contribution >= 0.6 is 11.6 Å². The van der Waals surface area contributed by atoms with Crippen LogP contribution in [0.25, 0.3) is 0 Å². The summed E-state index contributed by atoms with van der Waals surface area (Å²) < 4.78 is 31.7. The molecule has 2 aliphatic heterocycles. The molecule has 2 heterocycles. The normalized spacial score (nSPS) is 22.9. The highest BCUT2D eigenvalue weighted by Crippen LogP contribution is 2.32. The number of nitrogens with one attached hydrogen (secondary N) is 3. The fourth-order valence-electron chi connectivity index (χ4n) is 4.40. The molecule has 3 unspecified atom stereocenters. The highest BCUT2D eigenvalue weighted by molar-refractivity contribution is 7.91. The first-order valence-corrected chi connectivity index (χ1v) is 12.8. The molecule has 0 bridgehead atoms. The van der Waals surface area contributed by atoms with Gasteiger partial charge in [0.25, 0.3) is 0 Å². The molecule has 1 amide bonds. The van der Waals surface area contributed by atoms with Gasteiger partial charge >= 0.3 is 0 Å². The molecule has 0 aromatic heterocycles. The maximum atomic E-state index is 13.1. The number of hydrogen-bond acceptors (Lipinski definition) is 6. The van der Waals surface area contributed by atoms with E-state index >= 15 is 0 Å². The molecule has 2 aromatic rings. The van der Waals surface area contributed by atoms with Crippen LogP contribution in [0.4, 0.5) is 0 Å². The van der Waals surface area contributed by atoms with Gasteiger partial charge in [0, 0.05) is 23.7 Å². The van der Waals surface area contributed by atoms with E-state index in [1.165, 1.54) is 18.2 Å². The SMILES string of the molecule is CCOc1cc(Cl)ccc1S(=O)(=O)c1ccc(CNC(=O)C2CC3CNCCC3N2)cc1. The lowest BCUT2D eigenvalue weighted by molar-refractivity contribution is -0.123. The molecule has 4 rings (SSSR count). The Morgan fingerprint density at radius 1 is 1.22 bits per heavy atom. The fraction of sp³-hybridized carbons (Fsp3) is 0.435. The Morgan fingerprint density at radius 2 is 2.00 bits per heavy atom. The number of ether oxygens (including phenoxy) is 1. The first-order valence-electron chi connectivity index (χ1n) is 10.9. The average molecular weight is 478 g/mol. The minimum Gasteiger partial charge on any atom is -0.492 e. The first-order chi connectivity index (χ1) is 15.4. The Hall–Kier alpha value is -2.13. The topological polar surface area (TPSA) is 96.5 Å². The number of halogens is 1. The predicted octanol–water partition coefficient (Wildman–Crippen LogP) is 2.53. The minimum absolute atomic E-state index is 0.0152. The van der Waals surface area contributed by atoms with Gasteiger partial charge in [-0.1, -0.05) is 23.7 Å². The Kier molecular flexibility index (Phi) is 7.05. The van der Waals surface area contributed by atoms with E-state index in [1.54, 1.807) is 31.2 Å². The van der Waals surface area contributed by atoms with Crippen LogP contribution < -0.4 is 20.7 Å². The summed E-state index contributed by atoms with van der Waals surface area (Å²) in [6, 6.07) is 11.3. The van der Waals surface area contributed by atoms with Crippen molar-refractivity contribution in [3.05, 3.63) is 53.1 Å². The second-order valence-electron chi connectivity index (χ2n) is 8.20. The molecule has 9 heteroatoms. The van der Waals surface area contributed by atoms with E-state index in [9.17, 15) is 13.2 Å². The molecule has 0 radical (unpaired) electrons. The summed E-state index contributed by atoms with van der Waals surface area (Å²) >= 11 is 6.00. The standard InChI is InChI=1S/C23H28ClN3O4S/c1-2-31-21-12-17(24)5-8-22(21)32(29,30)18-6-3-15(4-7-18)13-26-23(28)20-11-16-14-25-10-9-19(16)27-20/h3-8,12,16,19-20,25,27H,2,9-11,13-14H2,1H3,(H,26,28). The van der Waals surface area contributed by atoms with Gasteiger partial charge in [0.1, 0.15) is 10.6 Å². The van der Waals surface area contributed by atoms with Gasteiger partial charge in [0.2, 0.25) is 15.7 Å². The van der Waals surface area contributed by atoms with E-state index < -0.39 is 9.84 Å². The molecule has 0 spiro atoms. The summed E-state index contributed by atoms with van der Waals surface area (Å²) in [5, 5.41) is 10.2. The molecule has 7 nitrogen and oxygen atoms in total. The van der Waals surface area contributed by atoms with Crippen LogP contribution in [-0.2, 0) is 21.2 Å². The molecular formula is C23H28ClN3O4S. The molecule has 0 aliphatic carbocycles. The molecule has 3 atom stereocenters. The van der Waals surface area contributed by atoms with E-state index in [-0.39, 0.29) is 27.5 Å². The molecule has 0 saturated carbocycles. The van der Waals surface area contributed by atoms with Crippen LogP contribution in [-0.4, -0.2) is 46.1 Å². The molecule has 32 heavy (non-hydrogen) atoms. The Labute approximate surface area is 193 Å². The molecule has 2 aromatic carbocycles. The minimum atomic E-state index is -3.77. The number of piperidine rings is 1. The Morgan fingerprint density at radius 3 is 2.72 bits per heavy atom. The summed E-state index contributed by atoms with van der Waals surface area (Å²) in [5.41, 5.74) is 0.829. The van der Waals surface area contributed by atoms with E-state index in [0.717, 1.165) is 31.5 Å². The molecule has 2 fully saturated rings. The smallest absolute Gasteiger partial charge is 0.237 e. The number of carbonyl (C=O) groups excluding carboxylic acids is 1. The van der Waals surface area contributed by atoms with E-state index in [0.29, 0.717) is 30.1 Å². The summed E-state index contributed by atoms with van der Waals surface area (Å²) in [5.74, 6) is 0.716. The molecule has 3 N–H and O–H groups in total. The number of benzene rings is 2. The Bertz CT molecular complexity index is 1060. The summed E-state index contributed by atoms with van der Waals surface area (Å²) in [6.07, 6.45) is 1.88. The third-order valence-electron chi connectivity index (χ3n) is 6.07. The van der Waals surface area contributed by atoms with Gasteiger partial charge in [-0.05, 0) is 68.6 Å². The number of fused-ring (bicyclic) bond motifs is 1. The second kappa shape index (κ2) is 9.79. The van der Waals surface area contributed by atoms with Gasteiger partial charge in [-0.2, -0.15) is 0 Å². The van der Waals surface area contributed by atoms with Crippen molar-refractivity contribution in [1.29, 1.82) is 0 Å². The van der Waals surface area contributed by atoms with Crippen molar-refractivity contribution < 1.29 is 17.9 Å². The molecule has 172 valence electrons. The summed E-state index contributed by atoms with van der Waals surface area (Å²) in [6.45, 7) is 4.40. The van der Waals surface area contributed by atoms with E-state index in [4.69, 9.17) is 16.3 Å².